The van der Waals surface area contributed by atoms with E-state index in [1.807, 2.05) is 13.0 Å². The van der Waals surface area contributed by atoms with E-state index in [9.17, 15) is 19.3 Å². The largest absolute Gasteiger partial charge is 0.322 e. The van der Waals surface area contributed by atoms with Gasteiger partial charge < -0.3 is 5.32 Å². The number of nitrogens with zero attached hydrogens (tertiary/aromatic N) is 1. The number of nitrogens with one attached hydrogen (secondary N) is 1. The lowest BCUT2D eigenvalue weighted by molar-refractivity contribution is -0.385. The molecule has 2 aromatic carbocycles. The van der Waals surface area contributed by atoms with Crippen molar-refractivity contribution in [2.45, 2.75) is 6.92 Å². The van der Waals surface area contributed by atoms with E-state index in [1.54, 1.807) is 18.2 Å². The van der Waals surface area contributed by atoms with Gasteiger partial charge in [0.1, 0.15) is 5.82 Å². The fourth-order valence-corrected chi connectivity index (χ4v) is 1.72. The molecule has 1 N–H and O–H groups in total. The number of nitro groups is 1. The van der Waals surface area contributed by atoms with Crippen LogP contribution >= 0.6 is 0 Å². The van der Waals surface area contributed by atoms with Gasteiger partial charge in [0.2, 0.25) is 0 Å². The maximum absolute atomic E-state index is 13.7. The van der Waals surface area contributed by atoms with E-state index in [4.69, 9.17) is 0 Å². The lowest BCUT2D eigenvalue weighted by Gasteiger charge is -2.06. The Balaban J connectivity index is 2.23. The molecule has 0 unspecified atom stereocenters. The van der Waals surface area contributed by atoms with Crippen molar-refractivity contribution in [2.24, 2.45) is 0 Å². The predicted molar refractivity (Wildman–Crippen MR) is 72.2 cm³/mol. The van der Waals surface area contributed by atoms with Crippen LogP contribution in [0.15, 0.2) is 42.5 Å². The molecule has 0 atom stereocenters. The molecule has 0 saturated carbocycles. The zero-order valence-electron chi connectivity index (χ0n) is 10.6. The maximum atomic E-state index is 13.7. The topological polar surface area (TPSA) is 72.2 Å². The summed E-state index contributed by atoms with van der Waals surface area (Å²) in [5, 5.41) is 13.0. The van der Waals surface area contributed by atoms with Crippen LogP contribution in [-0.2, 0) is 0 Å². The minimum Gasteiger partial charge on any atom is -0.322 e. The minimum atomic E-state index is -0.927. The highest BCUT2D eigenvalue weighted by Crippen LogP contribution is 2.18. The number of carbonyl (C=O) groups excluding carboxylic acids is 1. The second-order valence-corrected chi connectivity index (χ2v) is 4.24. The molecule has 0 aliphatic rings. The Kier molecular flexibility index (Phi) is 3.74. The van der Waals surface area contributed by atoms with Crippen LogP contribution in [0.25, 0.3) is 0 Å². The highest BCUT2D eigenvalue weighted by atomic mass is 19.1. The molecule has 0 aliphatic carbocycles. The molecule has 0 saturated heterocycles. The van der Waals surface area contributed by atoms with E-state index >= 15 is 0 Å². The third-order valence-electron chi connectivity index (χ3n) is 2.68. The summed E-state index contributed by atoms with van der Waals surface area (Å²) in [6.45, 7) is 1.86. The van der Waals surface area contributed by atoms with E-state index in [-0.39, 0.29) is 5.56 Å². The van der Waals surface area contributed by atoms with Crippen molar-refractivity contribution >= 4 is 17.3 Å². The van der Waals surface area contributed by atoms with Crippen molar-refractivity contribution < 1.29 is 14.1 Å². The fraction of sp³-hybridized carbons (Fsp3) is 0.0714. The Bertz CT molecular complexity index is 686. The van der Waals surface area contributed by atoms with E-state index in [0.29, 0.717) is 5.69 Å². The summed E-state index contributed by atoms with van der Waals surface area (Å²) in [6.07, 6.45) is 0. The van der Waals surface area contributed by atoms with Gasteiger partial charge in [-0.25, -0.2) is 4.39 Å². The monoisotopic (exact) mass is 274 g/mol. The lowest BCUT2D eigenvalue weighted by atomic mass is 10.1. The van der Waals surface area contributed by atoms with Crippen LogP contribution in [0.3, 0.4) is 0 Å². The van der Waals surface area contributed by atoms with E-state index in [1.165, 1.54) is 0 Å². The molecular weight excluding hydrogens is 263 g/mol. The molecule has 6 heteroatoms. The van der Waals surface area contributed by atoms with Crippen LogP contribution in [0.2, 0.25) is 0 Å². The molecule has 0 aliphatic heterocycles. The summed E-state index contributed by atoms with van der Waals surface area (Å²) in [5.74, 6) is -1.58. The number of nitro benzene ring substituents is 1. The summed E-state index contributed by atoms with van der Waals surface area (Å²) < 4.78 is 13.7. The molecule has 0 aromatic heterocycles. The van der Waals surface area contributed by atoms with Gasteiger partial charge in [0.25, 0.3) is 11.6 Å². The van der Waals surface area contributed by atoms with Crippen LogP contribution in [0.1, 0.15) is 15.9 Å². The summed E-state index contributed by atoms with van der Waals surface area (Å²) in [7, 11) is 0. The minimum absolute atomic E-state index is 0.239. The normalized spacial score (nSPS) is 10.1. The first-order valence-electron chi connectivity index (χ1n) is 5.79. The maximum Gasteiger partial charge on any atom is 0.272 e. The van der Waals surface area contributed by atoms with E-state index in [2.05, 4.69) is 5.32 Å². The molecule has 20 heavy (non-hydrogen) atoms. The second kappa shape index (κ2) is 5.48. The molecule has 0 spiro atoms. The highest BCUT2D eigenvalue weighted by molar-refractivity contribution is 6.04. The SMILES string of the molecule is Cc1cccc(NC(=O)c2ccc([N+](=O)[O-])cc2F)c1. The van der Waals surface area contributed by atoms with E-state index < -0.39 is 22.3 Å². The van der Waals surface area contributed by atoms with Crippen molar-refractivity contribution in [3.63, 3.8) is 0 Å². The van der Waals surface area contributed by atoms with Crippen molar-refractivity contribution in [1.29, 1.82) is 0 Å². The lowest BCUT2D eigenvalue weighted by Crippen LogP contribution is -2.14. The number of hydrogen-bond acceptors (Lipinski definition) is 3. The molecule has 1 amide bonds. The average molecular weight is 274 g/mol. The number of halogens is 1. The standard InChI is InChI=1S/C14H11FN2O3/c1-9-3-2-4-10(7-9)16-14(18)12-6-5-11(17(19)20)8-13(12)15/h2-8H,1H3,(H,16,18). The van der Waals surface area contributed by atoms with Crippen LogP contribution in [0.4, 0.5) is 15.8 Å². The molecule has 2 rings (SSSR count). The van der Waals surface area contributed by atoms with Gasteiger partial charge in [-0.3, -0.25) is 14.9 Å². The van der Waals surface area contributed by atoms with Gasteiger partial charge in [-0.1, -0.05) is 12.1 Å². The molecule has 0 heterocycles. The number of benzene rings is 2. The van der Waals surface area contributed by atoms with Crippen molar-refractivity contribution in [3.8, 4) is 0 Å². The van der Waals surface area contributed by atoms with Gasteiger partial charge in [-0.15, -0.1) is 0 Å². The number of non-ortho nitro benzene ring substituents is 1. The number of amides is 1. The molecule has 0 radical (unpaired) electrons. The summed E-state index contributed by atoms with van der Waals surface area (Å²) >= 11 is 0. The van der Waals surface area contributed by atoms with Gasteiger partial charge >= 0.3 is 0 Å². The van der Waals surface area contributed by atoms with Crippen molar-refractivity contribution in [1.82, 2.24) is 0 Å². The van der Waals surface area contributed by atoms with Gasteiger partial charge in [0, 0.05) is 11.8 Å². The fourth-order valence-electron chi connectivity index (χ4n) is 1.72. The van der Waals surface area contributed by atoms with Crippen LogP contribution < -0.4 is 5.32 Å². The van der Waals surface area contributed by atoms with Crippen LogP contribution in [0.5, 0.6) is 0 Å². The molecule has 0 bridgehead atoms. The number of rotatable bonds is 3. The first-order valence-corrected chi connectivity index (χ1v) is 5.79. The molecule has 5 nitrogen and oxygen atoms in total. The van der Waals surface area contributed by atoms with Crippen molar-refractivity contribution in [2.75, 3.05) is 5.32 Å². The quantitative estimate of drug-likeness (QED) is 0.689. The first kappa shape index (κ1) is 13.7. The second-order valence-electron chi connectivity index (χ2n) is 4.24. The molecule has 102 valence electrons. The first-order chi connectivity index (χ1) is 9.47. The van der Waals surface area contributed by atoms with Crippen LogP contribution in [-0.4, -0.2) is 10.8 Å². The van der Waals surface area contributed by atoms with Gasteiger partial charge in [-0.2, -0.15) is 0 Å². The number of anilines is 1. The number of hydrogen-bond donors (Lipinski definition) is 1. The van der Waals surface area contributed by atoms with Gasteiger partial charge in [0.15, 0.2) is 0 Å². The average Bonchev–Trinajstić information content (AvgIpc) is 2.38. The highest BCUT2D eigenvalue weighted by Gasteiger charge is 2.16. The third kappa shape index (κ3) is 2.97. The Morgan fingerprint density at radius 3 is 2.60 bits per heavy atom. The zero-order chi connectivity index (χ0) is 14.7. The van der Waals surface area contributed by atoms with Crippen LogP contribution in [0, 0.1) is 22.9 Å². The Labute approximate surface area is 114 Å². The molecule has 0 fully saturated rings. The zero-order valence-corrected chi connectivity index (χ0v) is 10.6. The number of aryl methyl sites for hydroxylation is 1. The summed E-state index contributed by atoms with van der Waals surface area (Å²) in [4.78, 5) is 21.7. The summed E-state index contributed by atoms with van der Waals surface area (Å²) in [6, 6.07) is 9.95. The number of carbonyl (C=O) groups is 1. The van der Waals surface area contributed by atoms with E-state index in [0.717, 1.165) is 23.8 Å². The molecule has 2 aromatic rings. The van der Waals surface area contributed by atoms with Crippen molar-refractivity contribution in [3.05, 3.63) is 69.5 Å². The Morgan fingerprint density at radius 1 is 1.25 bits per heavy atom. The smallest absolute Gasteiger partial charge is 0.272 e. The summed E-state index contributed by atoms with van der Waals surface area (Å²) in [5.41, 5.74) is 0.853. The van der Waals surface area contributed by atoms with Gasteiger partial charge in [0.05, 0.1) is 16.6 Å². The van der Waals surface area contributed by atoms with Gasteiger partial charge in [-0.05, 0) is 30.7 Å². The Hall–Kier alpha value is -2.76. The molecular formula is C14H11FN2O3. The third-order valence-corrected chi connectivity index (χ3v) is 2.68. The Morgan fingerprint density at radius 2 is 2.00 bits per heavy atom. The predicted octanol–water partition coefficient (Wildman–Crippen LogP) is 3.29.